The zero-order chi connectivity index (χ0) is 17.6. The second-order valence-electron chi connectivity index (χ2n) is 6.40. The van der Waals surface area contributed by atoms with Crippen LogP contribution >= 0.6 is 0 Å². The molecule has 1 aliphatic rings. The fourth-order valence-corrected chi connectivity index (χ4v) is 3.36. The van der Waals surface area contributed by atoms with E-state index >= 15 is 0 Å². The Labute approximate surface area is 138 Å². The van der Waals surface area contributed by atoms with Crippen molar-refractivity contribution in [2.75, 3.05) is 31.2 Å². The van der Waals surface area contributed by atoms with E-state index < -0.39 is 22.0 Å². The topological polar surface area (TPSA) is 92.8 Å². The lowest BCUT2D eigenvalue weighted by Gasteiger charge is -2.29. The van der Waals surface area contributed by atoms with Crippen molar-refractivity contribution in [1.29, 1.82) is 0 Å². The van der Waals surface area contributed by atoms with E-state index in [1.54, 1.807) is 13.8 Å². The third-order valence-corrected chi connectivity index (χ3v) is 5.43. The van der Waals surface area contributed by atoms with E-state index in [1.807, 2.05) is 0 Å². The Morgan fingerprint density at radius 3 is 2.22 bits per heavy atom. The molecule has 0 bridgehead atoms. The lowest BCUT2D eigenvalue weighted by atomic mass is 10.1. The summed E-state index contributed by atoms with van der Waals surface area (Å²) in [6, 6.07) is -0.695. The molecule has 23 heavy (non-hydrogen) atoms. The molecular weight excluding hydrogens is 320 g/mol. The first-order valence-electron chi connectivity index (χ1n) is 8.03. The van der Waals surface area contributed by atoms with Crippen molar-refractivity contribution in [3.63, 3.8) is 0 Å². The van der Waals surface area contributed by atoms with Crippen LogP contribution in [-0.4, -0.2) is 68.5 Å². The van der Waals surface area contributed by atoms with Crippen LogP contribution in [0, 0.1) is 5.92 Å². The van der Waals surface area contributed by atoms with Crippen LogP contribution in [-0.2, 0) is 24.2 Å². The average Bonchev–Trinajstić information content (AvgIpc) is 2.45. The lowest BCUT2D eigenvalue weighted by Crippen LogP contribution is -2.53. The smallest absolute Gasteiger partial charge is 0.249 e. The molecule has 2 atom stereocenters. The van der Waals surface area contributed by atoms with Crippen molar-refractivity contribution in [3.05, 3.63) is 0 Å². The molecule has 1 saturated heterocycles. The van der Waals surface area contributed by atoms with Gasteiger partial charge in [0.25, 0.3) is 0 Å². The second-order valence-corrected chi connectivity index (χ2v) is 8.71. The maximum atomic E-state index is 12.2. The Kier molecular flexibility index (Phi) is 7.47. The maximum absolute atomic E-state index is 12.2. The summed E-state index contributed by atoms with van der Waals surface area (Å²) in [5.74, 6) is -0.134. The van der Waals surface area contributed by atoms with Crippen molar-refractivity contribution in [3.8, 4) is 0 Å². The lowest BCUT2D eigenvalue weighted by molar-refractivity contribution is -0.139. The van der Waals surface area contributed by atoms with Crippen LogP contribution in [0.5, 0.6) is 0 Å². The second kappa shape index (κ2) is 8.63. The standard InChI is InChI=1S/C15H28N2O5S/c1-11(2)5-8-22-13(4)14(18)16-12(3)15(19)17-6-9-23(20,21)10-7-17/h11-13H,5-10H2,1-4H3,(H,16,18)/t12-,13+/m1/s1. The van der Waals surface area contributed by atoms with E-state index in [2.05, 4.69) is 19.2 Å². The number of hydrogen-bond donors (Lipinski definition) is 1. The van der Waals surface area contributed by atoms with Crippen LogP contribution in [0.4, 0.5) is 0 Å². The van der Waals surface area contributed by atoms with E-state index in [1.165, 1.54) is 4.90 Å². The van der Waals surface area contributed by atoms with Gasteiger partial charge in [0.1, 0.15) is 12.1 Å². The van der Waals surface area contributed by atoms with Gasteiger partial charge in [-0.25, -0.2) is 8.42 Å². The van der Waals surface area contributed by atoms with E-state index in [0.29, 0.717) is 12.5 Å². The number of hydrogen-bond acceptors (Lipinski definition) is 5. The third kappa shape index (κ3) is 6.87. The fourth-order valence-electron chi connectivity index (χ4n) is 2.16. The molecule has 0 unspecified atom stereocenters. The van der Waals surface area contributed by atoms with Crippen molar-refractivity contribution >= 4 is 21.7 Å². The SMILES string of the molecule is CC(C)CCO[C@@H](C)C(=O)N[C@H](C)C(=O)N1CCS(=O)(=O)CC1. The summed E-state index contributed by atoms with van der Waals surface area (Å²) < 4.78 is 28.2. The number of sulfone groups is 1. The monoisotopic (exact) mass is 348 g/mol. The van der Waals surface area contributed by atoms with Crippen LogP contribution in [0.1, 0.15) is 34.1 Å². The van der Waals surface area contributed by atoms with Gasteiger partial charge in [0, 0.05) is 19.7 Å². The first-order valence-corrected chi connectivity index (χ1v) is 9.85. The van der Waals surface area contributed by atoms with Crippen molar-refractivity contribution < 1.29 is 22.7 Å². The van der Waals surface area contributed by atoms with Gasteiger partial charge in [0.15, 0.2) is 9.84 Å². The molecule has 1 rings (SSSR count). The highest BCUT2D eigenvalue weighted by atomic mass is 32.2. The Hall–Kier alpha value is -1.15. The first kappa shape index (κ1) is 19.9. The van der Waals surface area contributed by atoms with Crippen LogP contribution in [0.25, 0.3) is 0 Å². The highest BCUT2D eigenvalue weighted by Gasteiger charge is 2.29. The molecular formula is C15H28N2O5S. The quantitative estimate of drug-likeness (QED) is 0.709. The van der Waals surface area contributed by atoms with E-state index in [-0.39, 0.29) is 36.4 Å². The molecule has 0 aromatic rings. The molecule has 1 fully saturated rings. The summed E-state index contributed by atoms with van der Waals surface area (Å²) in [6.45, 7) is 8.27. The van der Waals surface area contributed by atoms with Crippen LogP contribution in [0.15, 0.2) is 0 Å². The van der Waals surface area contributed by atoms with Crippen molar-refractivity contribution in [1.82, 2.24) is 10.2 Å². The predicted octanol–water partition coefficient (Wildman–Crippen LogP) is 0.199. The van der Waals surface area contributed by atoms with Gasteiger partial charge in [0.2, 0.25) is 11.8 Å². The number of nitrogens with one attached hydrogen (secondary N) is 1. The Balaban J connectivity index is 2.40. The zero-order valence-electron chi connectivity index (χ0n) is 14.4. The number of carbonyl (C=O) groups is 2. The summed E-state index contributed by atoms with van der Waals surface area (Å²) >= 11 is 0. The molecule has 0 radical (unpaired) electrons. The molecule has 8 heteroatoms. The summed E-state index contributed by atoms with van der Waals surface area (Å²) in [5.41, 5.74) is 0. The first-order chi connectivity index (χ1) is 10.6. The molecule has 134 valence electrons. The highest BCUT2D eigenvalue weighted by Crippen LogP contribution is 2.06. The van der Waals surface area contributed by atoms with Gasteiger partial charge >= 0.3 is 0 Å². The minimum Gasteiger partial charge on any atom is -0.369 e. The van der Waals surface area contributed by atoms with E-state index in [9.17, 15) is 18.0 Å². The van der Waals surface area contributed by atoms with Gasteiger partial charge < -0.3 is 15.0 Å². The molecule has 0 aromatic heterocycles. The van der Waals surface area contributed by atoms with Gasteiger partial charge in [-0.15, -0.1) is 0 Å². The number of ether oxygens (including phenoxy) is 1. The van der Waals surface area contributed by atoms with Crippen LogP contribution in [0.3, 0.4) is 0 Å². The van der Waals surface area contributed by atoms with Gasteiger partial charge in [-0.2, -0.15) is 0 Å². The summed E-state index contributed by atoms with van der Waals surface area (Å²) in [5, 5.41) is 2.63. The molecule has 1 heterocycles. The largest absolute Gasteiger partial charge is 0.369 e. The minimum absolute atomic E-state index is 0.0197. The zero-order valence-corrected chi connectivity index (χ0v) is 15.2. The molecule has 0 aliphatic carbocycles. The third-order valence-electron chi connectivity index (χ3n) is 3.82. The summed E-state index contributed by atoms with van der Waals surface area (Å²) in [4.78, 5) is 25.7. The van der Waals surface area contributed by atoms with Gasteiger partial charge in [-0.1, -0.05) is 13.8 Å². The Morgan fingerprint density at radius 2 is 1.70 bits per heavy atom. The minimum atomic E-state index is -3.03. The van der Waals surface area contributed by atoms with E-state index in [0.717, 1.165) is 6.42 Å². The van der Waals surface area contributed by atoms with Crippen LogP contribution < -0.4 is 5.32 Å². The molecule has 7 nitrogen and oxygen atoms in total. The van der Waals surface area contributed by atoms with E-state index in [4.69, 9.17) is 4.74 Å². The van der Waals surface area contributed by atoms with Gasteiger partial charge in [0.05, 0.1) is 11.5 Å². The Bertz CT molecular complexity index is 504. The molecule has 0 saturated carbocycles. The van der Waals surface area contributed by atoms with Gasteiger partial charge in [-0.3, -0.25) is 9.59 Å². The van der Waals surface area contributed by atoms with Crippen molar-refractivity contribution in [2.45, 2.75) is 46.3 Å². The number of nitrogens with zero attached hydrogens (tertiary/aromatic N) is 1. The fraction of sp³-hybridized carbons (Fsp3) is 0.867. The predicted molar refractivity (Wildman–Crippen MR) is 87.7 cm³/mol. The molecule has 2 amide bonds. The molecule has 1 N–H and O–H groups in total. The Morgan fingerprint density at radius 1 is 1.13 bits per heavy atom. The number of carbonyl (C=O) groups excluding carboxylic acids is 2. The summed E-state index contributed by atoms with van der Waals surface area (Å²) in [7, 11) is -3.03. The highest BCUT2D eigenvalue weighted by molar-refractivity contribution is 7.91. The normalized spacial score (nSPS) is 20.1. The number of rotatable bonds is 7. The maximum Gasteiger partial charge on any atom is 0.249 e. The molecule has 1 aliphatic heterocycles. The van der Waals surface area contributed by atoms with Crippen LogP contribution in [0.2, 0.25) is 0 Å². The average molecular weight is 348 g/mol. The molecule has 0 aromatic carbocycles. The molecule has 0 spiro atoms. The number of amides is 2. The van der Waals surface area contributed by atoms with Gasteiger partial charge in [-0.05, 0) is 26.2 Å². The van der Waals surface area contributed by atoms with Crippen molar-refractivity contribution in [2.24, 2.45) is 5.92 Å². The summed E-state index contributed by atoms with van der Waals surface area (Å²) in [6.07, 6.45) is 0.250.